The number of pyridine rings is 1. The van der Waals surface area contributed by atoms with Gasteiger partial charge in [0.25, 0.3) is 0 Å². The van der Waals surface area contributed by atoms with Crippen LogP contribution in [0.5, 0.6) is 0 Å². The highest BCUT2D eigenvalue weighted by atomic mass is 35.5. The highest BCUT2D eigenvalue weighted by Crippen LogP contribution is 2.49. The molecule has 2 unspecified atom stereocenters. The van der Waals surface area contributed by atoms with Crippen LogP contribution in [0.1, 0.15) is 36.0 Å². The van der Waals surface area contributed by atoms with Gasteiger partial charge in [0, 0.05) is 19.5 Å². The summed E-state index contributed by atoms with van der Waals surface area (Å²) < 4.78 is 0. The Morgan fingerprint density at radius 2 is 2.04 bits per heavy atom. The first kappa shape index (κ1) is 14.8. The number of anilines is 1. The van der Waals surface area contributed by atoms with Gasteiger partial charge >= 0.3 is 5.97 Å². The predicted molar refractivity (Wildman–Crippen MR) is 85.5 cm³/mol. The number of piperidine rings is 2. The smallest absolute Gasteiger partial charge is 0.303 e. The Morgan fingerprint density at radius 3 is 2.70 bits per heavy atom. The van der Waals surface area contributed by atoms with E-state index >= 15 is 0 Å². The molecule has 0 radical (unpaired) electrons. The Kier molecular flexibility index (Phi) is 3.46. The van der Waals surface area contributed by atoms with Crippen molar-refractivity contribution in [2.75, 3.05) is 18.0 Å². The minimum absolute atomic E-state index is 0.281. The number of hydrogen-bond donors (Lipinski definition) is 1. The molecule has 5 nitrogen and oxygen atoms in total. The molecule has 3 fully saturated rings. The fraction of sp³-hybridized carbons (Fsp3) is 0.588. The van der Waals surface area contributed by atoms with Crippen molar-refractivity contribution in [2.45, 2.75) is 32.1 Å². The highest BCUT2D eigenvalue weighted by molar-refractivity contribution is 6.30. The Hall–Kier alpha value is -1.80. The molecule has 2 atom stereocenters. The summed E-state index contributed by atoms with van der Waals surface area (Å²) in [7, 11) is 0. The molecule has 2 aliphatic carbocycles. The molecule has 2 bridgehead atoms. The number of carboxylic acids is 1. The second-order valence-corrected chi connectivity index (χ2v) is 7.30. The summed E-state index contributed by atoms with van der Waals surface area (Å²) in [6.45, 7) is 1.71. The summed E-state index contributed by atoms with van der Waals surface area (Å²) in [4.78, 5) is 17.8. The first-order chi connectivity index (χ1) is 11.1. The Morgan fingerprint density at radius 1 is 1.35 bits per heavy atom. The van der Waals surface area contributed by atoms with E-state index in [9.17, 15) is 10.1 Å². The fourth-order valence-corrected chi connectivity index (χ4v) is 4.91. The Balaban J connectivity index is 1.62. The minimum atomic E-state index is -0.696. The van der Waals surface area contributed by atoms with E-state index in [1.54, 1.807) is 0 Å². The summed E-state index contributed by atoms with van der Waals surface area (Å²) in [5.74, 6) is 1.44. The Labute approximate surface area is 139 Å². The largest absolute Gasteiger partial charge is 0.481 e. The van der Waals surface area contributed by atoms with Crippen molar-refractivity contribution < 1.29 is 9.90 Å². The normalized spacial score (nSPS) is 28.0. The maximum atomic E-state index is 11.0. The van der Waals surface area contributed by atoms with Gasteiger partial charge < -0.3 is 10.0 Å². The van der Waals surface area contributed by atoms with Crippen molar-refractivity contribution in [3.8, 4) is 6.07 Å². The molecule has 1 aromatic rings. The van der Waals surface area contributed by atoms with Crippen LogP contribution in [0.2, 0.25) is 5.15 Å². The van der Waals surface area contributed by atoms with Crippen molar-refractivity contribution in [3.63, 3.8) is 0 Å². The number of aromatic nitrogens is 1. The molecule has 4 aliphatic rings. The molecule has 0 spiro atoms. The fourth-order valence-electron chi connectivity index (χ4n) is 4.68. The van der Waals surface area contributed by atoms with E-state index in [1.165, 1.54) is 5.56 Å². The second-order valence-electron chi connectivity index (χ2n) is 6.95. The van der Waals surface area contributed by atoms with Gasteiger partial charge in [-0.2, -0.15) is 5.26 Å². The third-order valence-electron chi connectivity index (χ3n) is 5.75. The molecule has 0 amide bonds. The van der Waals surface area contributed by atoms with E-state index < -0.39 is 5.97 Å². The number of fused-ring (bicyclic) bond motifs is 3. The van der Waals surface area contributed by atoms with Gasteiger partial charge in [-0.1, -0.05) is 11.6 Å². The quantitative estimate of drug-likeness (QED) is 0.861. The van der Waals surface area contributed by atoms with E-state index in [1.807, 2.05) is 0 Å². The van der Waals surface area contributed by atoms with Crippen LogP contribution in [-0.2, 0) is 17.6 Å². The van der Waals surface area contributed by atoms with Crippen LogP contribution in [-0.4, -0.2) is 29.1 Å². The number of nitrogens with zero attached hydrogens (tertiary/aromatic N) is 3. The molecule has 120 valence electrons. The van der Waals surface area contributed by atoms with Crippen molar-refractivity contribution >= 4 is 23.4 Å². The van der Waals surface area contributed by atoms with Gasteiger partial charge in [-0.15, -0.1) is 0 Å². The summed E-state index contributed by atoms with van der Waals surface area (Å²) in [6.07, 6.45) is 4.30. The van der Waals surface area contributed by atoms with Gasteiger partial charge in [-0.25, -0.2) is 4.98 Å². The molecule has 6 heteroatoms. The summed E-state index contributed by atoms with van der Waals surface area (Å²) >= 11 is 6.24. The van der Waals surface area contributed by atoms with E-state index in [0.29, 0.717) is 28.5 Å². The average Bonchev–Trinajstić information content (AvgIpc) is 3.01. The zero-order valence-electron chi connectivity index (χ0n) is 12.8. The maximum absolute atomic E-state index is 11.0. The average molecular weight is 332 g/mol. The van der Waals surface area contributed by atoms with E-state index in [2.05, 4.69) is 16.0 Å². The number of aliphatic carboxylic acids is 1. The number of halogens is 1. The molecule has 1 saturated carbocycles. The predicted octanol–water partition coefficient (Wildman–Crippen LogP) is 2.64. The maximum Gasteiger partial charge on any atom is 0.303 e. The van der Waals surface area contributed by atoms with Gasteiger partial charge in [0.05, 0.1) is 5.56 Å². The van der Waals surface area contributed by atoms with Crippen LogP contribution in [0.25, 0.3) is 0 Å². The summed E-state index contributed by atoms with van der Waals surface area (Å²) in [5, 5.41) is 18.7. The summed E-state index contributed by atoms with van der Waals surface area (Å²) in [5.41, 5.74) is 2.79. The number of carbonyl (C=O) groups is 1. The molecule has 23 heavy (non-hydrogen) atoms. The molecule has 0 aromatic carbocycles. The van der Waals surface area contributed by atoms with Gasteiger partial charge in [0.1, 0.15) is 17.0 Å². The lowest BCUT2D eigenvalue weighted by Crippen LogP contribution is -2.56. The van der Waals surface area contributed by atoms with E-state index in [4.69, 9.17) is 16.7 Å². The van der Waals surface area contributed by atoms with Crippen LogP contribution in [0.4, 0.5) is 5.82 Å². The van der Waals surface area contributed by atoms with Crippen molar-refractivity contribution in [3.05, 3.63) is 21.8 Å². The molecule has 2 aliphatic heterocycles. The topological polar surface area (TPSA) is 77.2 Å². The molecule has 1 aromatic heterocycles. The number of carboxylic acid groups (broad SMARTS) is 1. The van der Waals surface area contributed by atoms with Crippen molar-refractivity contribution in [1.82, 2.24) is 4.98 Å². The molecular formula is C17H18ClN3O2. The number of nitriles is 1. The molecule has 3 heterocycles. The molecule has 5 rings (SSSR count). The summed E-state index contributed by atoms with van der Waals surface area (Å²) in [6, 6.07) is 2.19. The van der Waals surface area contributed by atoms with Crippen LogP contribution < -0.4 is 4.90 Å². The number of hydrogen-bond acceptors (Lipinski definition) is 4. The molecule has 2 saturated heterocycles. The minimum Gasteiger partial charge on any atom is -0.481 e. The van der Waals surface area contributed by atoms with E-state index in [-0.39, 0.29) is 6.42 Å². The first-order valence-corrected chi connectivity index (χ1v) is 8.54. The number of rotatable bonds is 3. The van der Waals surface area contributed by atoms with Crippen LogP contribution >= 0.6 is 11.6 Å². The lowest BCUT2D eigenvalue weighted by Gasteiger charge is -2.54. The SMILES string of the molecule is N#Cc1c(Cl)nc(N2CC3CC(C2)C3CC(=O)O)c2c1CCC2. The van der Waals surface area contributed by atoms with Gasteiger partial charge in [-0.05, 0) is 54.6 Å². The highest BCUT2D eigenvalue weighted by Gasteiger charge is 2.48. The standard InChI is InChI=1S/C17H18ClN3O2/c18-16-14(6-19)11-2-1-3-12(11)17(20-16)21-7-9-4-10(8-21)13(9)5-15(22)23/h9-10,13H,1-5,7-8H2,(H,22,23). The first-order valence-electron chi connectivity index (χ1n) is 8.16. The van der Waals surface area contributed by atoms with Crippen LogP contribution in [0.3, 0.4) is 0 Å². The lowest BCUT2D eigenvalue weighted by atomic mass is 9.60. The third-order valence-corrected chi connectivity index (χ3v) is 6.02. The zero-order chi connectivity index (χ0) is 16.1. The third kappa shape index (κ3) is 2.28. The monoisotopic (exact) mass is 331 g/mol. The van der Waals surface area contributed by atoms with Crippen molar-refractivity contribution in [1.29, 1.82) is 5.26 Å². The van der Waals surface area contributed by atoms with Gasteiger partial charge in [0.2, 0.25) is 0 Å². The van der Waals surface area contributed by atoms with Crippen molar-refractivity contribution in [2.24, 2.45) is 17.8 Å². The molecule has 1 N–H and O–H groups in total. The van der Waals surface area contributed by atoms with Gasteiger partial charge in [0.15, 0.2) is 0 Å². The Bertz CT molecular complexity index is 716. The van der Waals surface area contributed by atoms with Crippen LogP contribution in [0, 0.1) is 29.1 Å². The van der Waals surface area contributed by atoms with E-state index in [0.717, 1.165) is 50.2 Å². The van der Waals surface area contributed by atoms with Gasteiger partial charge in [-0.3, -0.25) is 4.79 Å². The zero-order valence-corrected chi connectivity index (χ0v) is 13.5. The molecular weight excluding hydrogens is 314 g/mol. The second kappa shape index (κ2) is 5.38. The lowest BCUT2D eigenvalue weighted by molar-refractivity contribution is -0.141. The van der Waals surface area contributed by atoms with Crippen LogP contribution in [0.15, 0.2) is 0 Å².